The number of carbonyl (C=O) groups excluding carboxylic acids is 1. The van der Waals surface area contributed by atoms with Gasteiger partial charge in [0.25, 0.3) is 5.91 Å². The number of anilines is 2. The zero-order valence-corrected chi connectivity index (χ0v) is 13.4. The van der Waals surface area contributed by atoms with Crippen LogP contribution in [0.25, 0.3) is 0 Å². The third-order valence-corrected chi connectivity index (χ3v) is 3.60. The second kappa shape index (κ2) is 6.87. The number of hydrogen-bond acceptors (Lipinski definition) is 3. The minimum absolute atomic E-state index is 0.290. The molecule has 0 unspecified atom stereocenters. The van der Waals surface area contributed by atoms with Crippen molar-refractivity contribution in [2.24, 2.45) is 0 Å². The van der Waals surface area contributed by atoms with E-state index in [9.17, 15) is 9.18 Å². The zero-order valence-electron chi connectivity index (χ0n) is 11.1. The summed E-state index contributed by atoms with van der Waals surface area (Å²) in [6, 6.07) is 5.55. The molecule has 110 valence electrons. The summed E-state index contributed by atoms with van der Waals surface area (Å²) in [4.78, 5) is 16.2. The van der Waals surface area contributed by atoms with Gasteiger partial charge < -0.3 is 10.6 Å². The van der Waals surface area contributed by atoms with Crippen LogP contribution in [0.4, 0.5) is 15.9 Å². The zero-order chi connectivity index (χ0) is 15.4. The van der Waals surface area contributed by atoms with E-state index in [0.29, 0.717) is 27.5 Å². The van der Waals surface area contributed by atoms with Crippen molar-refractivity contribution in [1.82, 2.24) is 4.98 Å². The van der Waals surface area contributed by atoms with Crippen molar-refractivity contribution in [1.29, 1.82) is 0 Å². The van der Waals surface area contributed by atoms with Gasteiger partial charge in [0, 0.05) is 17.2 Å². The van der Waals surface area contributed by atoms with Gasteiger partial charge in [-0.2, -0.15) is 0 Å². The van der Waals surface area contributed by atoms with Crippen molar-refractivity contribution in [2.75, 3.05) is 17.2 Å². The number of halogens is 3. The SMILES string of the molecule is CCNc1ncc(C(=O)Nc2cc(F)ccc2Br)cc1Cl. The summed E-state index contributed by atoms with van der Waals surface area (Å²) in [6.45, 7) is 2.59. The van der Waals surface area contributed by atoms with Gasteiger partial charge in [0.05, 0.1) is 16.3 Å². The average molecular weight is 373 g/mol. The van der Waals surface area contributed by atoms with Crippen LogP contribution in [-0.2, 0) is 0 Å². The van der Waals surface area contributed by atoms with E-state index in [1.807, 2.05) is 6.92 Å². The summed E-state index contributed by atoms with van der Waals surface area (Å²) in [5.41, 5.74) is 0.629. The molecule has 2 rings (SSSR count). The highest BCUT2D eigenvalue weighted by Crippen LogP contribution is 2.25. The van der Waals surface area contributed by atoms with Crippen molar-refractivity contribution >= 4 is 44.9 Å². The van der Waals surface area contributed by atoms with Gasteiger partial charge in [0.15, 0.2) is 0 Å². The summed E-state index contributed by atoms with van der Waals surface area (Å²) in [5.74, 6) is -0.339. The number of amides is 1. The van der Waals surface area contributed by atoms with E-state index in [0.717, 1.165) is 0 Å². The van der Waals surface area contributed by atoms with E-state index >= 15 is 0 Å². The van der Waals surface area contributed by atoms with Crippen LogP contribution in [0, 0.1) is 5.82 Å². The Labute approximate surface area is 134 Å². The molecule has 1 aromatic carbocycles. The number of pyridine rings is 1. The summed E-state index contributed by atoms with van der Waals surface area (Å²) in [6.07, 6.45) is 1.41. The van der Waals surface area contributed by atoms with E-state index in [2.05, 4.69) is 31.5 Å². The highest BCUT2D eigenvalue weighted by Gasteiger charge is 2.12. The lowest BCUT2D eigenvalue weighted by Crippen LogP contribution is -2.13. The first-order chi connectivity index (χ1) is 10.0. The minimum atomic E-state index is -0.438. The number of hydrogen-bond donors (Lipinski definition) is 2. The third-order valence-electron chi connectivity index (χ3n) is 2.62. The van der Waals surface area contributed by atoms with Gasteiger partial charge in [-0.3, -0.25) is 4.79 Å². The van der Waals surface area contributed by atoms with Crippen LogP contribution in [-0.4, -0.2) is 17.4 Å². The largest absolute Gasteiger partial charge is 0.369 e. The summed E-state index contributed by atoms with van der Waals surface area (Å²) in [7, 11) is 0. The predicted octanol–water partition coefficient (Wildman–Crippen LogP) is 4.32. The number of carbonyl (C=O) groups is 1. The Morgan fingerprint density at radius 2 is 2.19 bits per heavy atom. The monoisotopic (exact) mass is 371 g/mol. The molecule has 2 N–H and O–H groups in total. The van der Waals surface area contributed by atoms with Crippen molar-refractivity contribution in [3.63, 3.8) is 0 Å². The Morgan fingerprint density at radius 1 is 1.43 bits per heavy atom. The number of aromatic nitrogens is 1. The summed E-state index contributed by atoms with van der Waals surface area (Å²) >= 11 is 9.28. The minimum Gasteiger partial charge on any atom is -0.369 e. The molecule has 0 radical (unpaired) electrons. The molecular formula is C14H12BrClFN3O. The van der Waals surface area contributed by atoms with E-state index < -0.39 is 11.7 Å². The predicted molar refractivity (Wildman–Crippen MR) is 85.5 cm³/mol. The maximum absolute atomic E-state index is 13.2. The number of benzene rings is 1. The second-order valence-corrected chi connectivity index (χ2v) is 5.42. The fraction of sp³-hybridized carbons (Fsp3) is 0.143. The van der Waals surface area contributed by atoms with Crippen molar-refractivity contribution in [3.8, 4) is 0 Å². The van der Waals surface area contributed by atoms with Gasteiger partial charge >= 0.3 is 0 Å². The highest BCUT2D eigenvalue weighted by atomic mass is 79.9. The topological polar surface area (TPSA) is 54.0 Å². The molecule has 1 heterocycles. The molecule has 0 fully saturated rings. The molecule has 0 saturated carbocycles. The van der Waals surface area contributed by atoms with Crippen molar-refractivity contribution in [3.05, 3.63) is 51.3 Å². The molecule has 1 amide bonds. The molecule has 2 aromatic rings. The normalized spacial score (nSPS) is 10.3. The second-order valence-electron chi connectivity index (χ2n) is 4.16. The van der Waals surface area contributed by atoms with Crippen LogP contribution in [0.2, 0.25) is 5.02 Å². The van der Waals surface area contributed by atoms with Gasteiger partial charge in [-0.15, -0.1) is 0 Å². The smallest absolute Gasteiger partial charge is 0.257 e. The Kier molecular flexibility index (Phi) is 5.14. The van der Waals surface area contributed by atoms with Gasteiger partial charge in [-0.05, 0) is 47.1 Å². The van der Waals surface area contributed by atoms with E-state index in [-0.39, 0.29) is 5.56 Å². The van der Waals surface area contributed by atoms with Crippen molar-refractivity contribution < 1.29 is 9.18 Å². The lowest BCUT2D eigenvalue weighted by Gasteiger charge is -2.09. The maximum atomic E-state index is 13.2. The molecule has 0 bridgehead atoms. The van der Waals surface area contributed by atoms with Crippen LogP contribution in [0.15, 0.2) is 34.9 Å². The fourth-order valence-electron chi connectivity index (χ4n) is 1.65. The van der Waals surface area contributed by atoms with Crippen LogP contribution in [0.5, 0.6) is 0 Å². The van der Waals surface area contributed by atoms with E-state index in [1.54, 1.807) is 0 Å². The number of rotatable bonds is 4. The Hall–Kier alpha value is -1.66. The van der Waals surface area contributed by atoms with Gasteiger partial charge in [-0.1, -0.05) is 11.6 Å². The first kappa shape index (κ1) is 15.7. The molecule has 0 atom stereocenters. The Morgan fingerprint density at radius 3 is 2.86 bits per heavy atom. The van der Waals surface area contributed by atoms with E-state index in [1.165, 1.54) is 30.5 Å². The molecule has 0 spiro atoms. The van der Waals surface area contributed by atoms with Gasteiger partial charge in [0.2, 0.25) is 0 Å². The molecule has 7 heteroatoms. The van der Waals surface area contributed by atoms with E-state index in [4.69, 9.17) is 11.6 Å². The molecule has 0 aliphatic heterocycles. The first-order valence-electron chi connectivity index (χ1n) is 6.17. The quantitative estimate of drug-likeness (QED) is 0.840. The standard InChI is InChI=1S/C14H12BrClFN3O/c1-2-18-13-11(16)5-8(7-19-13)14(21)20-12-6-9(17)3-4-10(12)15/h3-7H,2H2,1H3,(H,18,19)(H,20,21). The molecule has 0 saturated heterocycles. The molecule has 0 aliphatic carbocycles. The number of nitrogens with one attached hydrogen (secondary N) is 2. The number of nitrogens with zero attached hydrogens (tertiary/aromatic N) is 1. The first-order valence-corrected chi connectivity index (χ1v) is 7.34. The third kappa shape index (κ3) is 3.92. The summed E-state index contributed by atoms with van der Waals surface area (Å²) < 4.78 is 13.8. The summed E-state index contributed by atoms with van der Waals surface area (Å²) in [5, 5.41) is 5.93. The molecular weight excluding hydrogens is 361 g/mol. The average Bonchev–Trinajstić information content (AvgIpc) is 2.45. The van der Waals surface area contributed by atoms with Crippen molar-refractivity contribution in [2.45, 2.75) is 6.92 Å². The lowest BCUT2D eigenvalue weighted by molar-refractivity contribution is 0.102. The molecule has 0 aliphatic rings. The Balaban J connectivity index is 2.20. The molecule has 4 nitrogen and oxygen atoms in total. The highest BCUT2D eigenvalue weighted by molar-refractivity contribution is 9.10. The Bertz CT molecular complexity index is 681. The van der Waals surface area contributed by atoms with Gasteiger partial charge in [-0.25, -0.2) is 9.37 Å². The maximum Gasteiger partial charge on any atom is 0.257 e. The van der Waals surface area contributed by atoms with Gasteiger partial charge in [0.1, 0.15) is 11.6 Å². The van der Waals surface area contributed by atoms with Crippen LogP contribution in [0.1, 0.15) is 17.3 Å². The lowest BCUT2D eigenvalue weighted by atomic mass is 10.2. The molecule has 21 heavy (non-hydrogen) atoms. The van der Waals surface area contributed by atoms with Crippen LogP contribution in [0.3, 0.4) is 0 Å². The van der Waals surface area contributed by atoms with Crippen LogP contribution < -0.4 is 10.6 Å². The fourth-order valence-corrected chi connectivity index (χ4v) is 2.23. The molecule has 1 aromatic heterocycles. The van der Waals surface area contributed by atoms with Crippen LogP contribution >= 0.6 is 27.5 Å².